The van der Waals surface area contributed by atoms with Crippen LogP contribution in [0.2, 0.25) is 25.7 Å². The number of aliphatic imine (C=N–C) groups is 1. The molecule has 0 bridgehead atoms. The van der Waals surface area contributed by atoms with Crippen molar-refractivity contribution >= 4 is 60.8 Å². The summed E-state index contributed by atoms with van der Waals surface area (Å²) >= 11 is 1.08. The summed E-state index contributed by atoms with van der Waals surface area (Å²) < 4.78 is 46.5. The van der Waals surface area contributed by atoms with Crippen LogP contribution in [-0.2, 0) is 24.5 Å². The number of nitrogens with zero attached hydrogens (tertiary/aromatic N) is 6. The van der Waals surface area contributed by atoms with Crippen LogP contribution in [0, 0.1) is 11.7 Å². The first-order valence-corrected chi connectivity index (χ1v) is 20.9. The summed E-state index contributed by atoms with van der Waals surface area (Å²) in [6.07, 6.45) is 2.10. The second kappa shape index (κ2) is 14.0. The number of carbonyl (C=O) groups is 3. The number of ether oxygens (including phenoxy) is 3. The minimum absolute atomic E-state index is 0.0344. The lowest BCUT2D eigenvalue weighted by molar-refractivity contribution is -0.136. The predicted molar refractivity (Wildman–Crippen MR) is 186 cm³/mol. The van der Waals surface area contributed by atoms with Crippen molar-refractivity contribution in [2.45, 2.75) is 49.3 Å². The van der Waals surface area contributed by atoms with Gasteiger partial charge in [-0.3, -0.25) is 14.7 Å². The minimum atomic E-state index is -1.46. The van der Waals surface area contributed by atoms with Gasteiger partial charge in [0.2, 0.25) is 5.91 Å². The molecule has 3 aliphatic heterocycles. The molecule has 268 valence electrons. The molecule has 3 fully saturated rings. The fourth-order valence-corrected chi connectivity index (χ4v) is 8.70. The zero-order chi connectivity index (χ0) is 35.8. The summed E-state index contributed by atoms with van der Waals surface area (Å²) in [6.45, 7) is 10.4. The Labute approximate surface area is 293 Å². The van der Waals surface area contributed by atoms with Gasteiger partial charge in [0.25, 0.3) is 0 Å². The van der Waals surface area contributed by atoms with Crippen molar-refractivity contribution in [3.05, 3.63) is 53.2 Å². The number of anilines is 1. The minimum Gasteiger partial charge on any atom is -0.465 e. The first-order valence-electron chi connectivity index (χ1n) is 16.4. The highest BCUT2D eigenvalue weighted by atomic mass is 32.2. The molecular weight excluding hydrogens is 691 g/mol. The fourth-order valence-electron chi connectivity index (χ4n) is 6.30. The Hall–Kier alpha value is -3.93. The monoisotopic (exact) mass is 730 g/mol. The quantitative estimate of drug-likeness (QED) is 0.195. The number of rotatable bonds is 10. The first-order chi connectivity index (χ1) is 23.7. The Morgan fingerprint density at radius 2 is 1.94 bits per heavy atom. The molecule has 3 atom stereocenters. The molecule has 1 aliphatic carbocycles. The van der Waals surface area contributed by atoms with Crippen molar-refractivity contribution in [2.75, 3.05) is 57.7 Å². The van der Waals surface area contributed by atoms with Crippen LogP contribution in [0.3, 0.4) is 0 Å². The first kappa shape index (κ1) is 35.9. The number of amidine groups is 1. The molecule has 4 aliphatic rings. The van der Waals surface area contributed by atoms with Gasteiger partial charge in [-0.1, -0.05) is 37.5 Å². The second-order valence-electron chi connectivity index (χ2n) is 14.0. The van der Waals surface area contributed by atoms with E-state index >= 15 is 8.78 Å². The average Bonchev–Trinajstić information content (AvgIpc) is 3.70. The van der Waals surface area contributed by atoms with E-state index < -0.39 is 48.1 Å². The fraction of sp³-hybridized carbons (Fsp3) is 0.515. The van der Waals surface area contributed by atoms with Crippen molar-refractivity contribution in [2.24, 2.45) is 10.9 Å². The number of aromatic nitrogens is 2. The summed E-state index contributed by atoms with van der Waals surface area (Å²) in [5, 5.41) is 10.3. The highest BCUT2D eigenvalue weighted by molar-refractivity contribution is 8.16. The topological polar surface area (TPSA) is 147 Å². The van der Waals surface area contributed by atoms with Gasteiger partial charge in [-0.05, 0) is 43.2 Å². The Morgan fingerprint density at radius 1 is 1.18 bits per heavy atom. The third kappa shape index (κ3) is 7.27. The maximum atomic E-state index is 15.9. The van der Waals surface area contributed by atoms with Crippen LogP contribution in [0.25, 0.3) is 11.9 Å². The molecule has 1 aromatic heterocycles. The lowest BCUT2D eigenvalue weighted by Gasteiger charge is -2.39. The molecule has 2 aromatic rings. The SMILES string of the molecule is C[C@]1(c2cc(/C=C(\F)c3cnc(N4CCOC4=O)cn3)ccc2F)N=C(N(COCC[Si](C)(C)C)C(=O)O)S[C@@]2(C(=O)N3CCOCC3)C[C@H]21. The molecule has 2 saturated heterocycles. The lowest BCUT2D eigenvalue weighted by atomic mass is 9.84. The smallest absolute Gasteiger partial charge is 0.415 e. The predicted octanol–water partition coefficient (Wildman–Crippen LogP) is 5.27. The average molecular weight is 731 g/mol. The van der Waals surface area contributed by atoms with Crippen molar-refractivity contribution < 1.29 is 42.5 Å². The number of hydrogen-bond donors (Lipinski definition) is 1. The molecular formula is C33H40F2N6O7SSi. The highest BCUT2D eigenvalue weighted by Crippen LogP contribution is 2.67. The standard InChI is InChI=1S/C33H40F2N6O7SSi/c1-32(22-15-21(5-6-23(22)34)16-24(35)25-18-37-27(19-36-25)40-9-12-48-31(40)45)26-17-33(26,28(42)39-7-10-46-11-8-39)49-29(38-32)41(30(43)44)20-47-13-14-50(2,3)4/h5-6,15-16,18-19,26H,7-14,17,20H2,1-4H3,(H,43,44)/b24-16-/t26-,32+,33-/m0/s1. The van der Waals surface area contributed by atoms with E-state index in [1.165, 1.54) is 41.6 Å². The number of carboxylic acid groups (broad SMARTS) is 1. The van der Waals surface area contributed by atoms with E-state index in [1.807, 2.05) is 0 Å². The van der Waals surface area contributed by atoms with Crippen molar-refractivity contribution in [1.82, 2.24) is 19.8 Å². The van der Waals surface area contributed by atoms with E-state index in [-0.39, 0.29) is 41.5 Å². The molecule has 13 nitrogen and oxygen atoms in total. The number of fused-ring (bicyclic) bond motifs is 1. The number of halogens is 2. The van der Waals surface area contributed by atoms with Crippen LogP contribution in [0.1, 0.15) is 30.2 Å². The van der Waals surface area contributed by atoms with Crippen LogP contribution in [0.15, 0.2) is 35.6 Å². The largest absolute Gasteiger partial charge is 0.465 e. The van der Waals surface area contributed by atoms with Gasteiger partial charge < -0.3 is 24.2 Å². The van der Waals surface area contributed by atoms with Gasteiger partial charge in [0.1, 0.15) is 29.6 Å². The van der Waals surface area contributed by atoms with Crippen molar-refractivity contribution in [1.29, 1.82) is 0 Å². The zero-order valence-corrected chi connectivity index (χ0v) is 30.2. The van der Waals surface area contributed by atoms with Crippen molar-refractivity contribution in [3.8, 4) is 0 Å². The molecule has 1 N–H and O–H groups in total. The number of benzene rings is 1. The summed E-state index contributed by atoms with van der Waals surface area (Å²) in [7, 11) is -1.46. The number of amides is 3. The van der Waals surface area contributed by atoms with Gasteiger partial charge in [0.15, 0.2) is 16.8 Å². The van der Waals surface area contributed by atoms with Gasteiger partial charge in [0.05, 0.1) is 37.7 Å². The summed E-state index contributed by atoms with van der Waals surface area (Å²) in [5.74, 6) is -1.81. The van der Waals surface area contributed by atoms with Gasteiger partial charge in [-0.2, -0.15) is 0 Å². The lowest BCUT2D eigenvalue weighted by Crippen LogP contribution is -2.51. The Kier molecular flexibility index (Phi) is 10.0. The Morgan fingerprint density at radius 3 is 2.58 bits per heavy atom. The van der Waals surface area contributed by atoms with Crippen LogP contribution in [-0.4, -0.2) is 114 Å². The summed E-state index contributed by atoms with van der Waals surface area (Å²) in [6, 6.07) is 4.89. The number of morpholine rings is 1. The van der Waals surface area contributed by atoms with E-state index in [9.17, 15) is 19.5 Å². The summed E-state index contributed by atoms with van der Waals surface area (Å²) in [4.78, 5) is 55.7. The summed E-state index contributed by atoms with van der Waals surface area (Å²) in [5.41, 5.74) is -1.10. The van der Waals surface area contributed by atoms with Crippen LogP contribution in [0.5, 0.6) is 0 Å². The molecule has 0 spiro atoms. The molecule has 3 amide bonds. The number of carbonyl (C=O) groups excluding carboxylic acids is 2. The Balaban J connectivity index is 1.33. The van der Waals surface area contributed by atoms with Crippen LogP contribution in [0.4, 0.5) is 24.2 Å². The molecule has 50 heavy (non-hydrogen) atoms. The van der Waals surface area contributed by atoms with E-state index in [1.54, 1.807) is 11.8 Å². The number of thioether (sulfide) groups is 1. The zero-order valence-electron chi connectivity index (χ0n) is 28.4. The molecule has 0 unspecified atom stereocenters. The van der Waals surface area contributed by atoms with E-state index in [0.717, 1.165) is 22.7 Å². The van der Waals surface area contributed by atoms with E-state index in [0.29, 0.717) is 51.4 Å². The normalized spacial score (nSPS) is 25.2. The Bertz CT molecular complexity index is 1720. The van der Waals surface area contributed by atoms with E-state index in [2.05, 4.69) is 29.6 Å². The van der Waals surface area contributed by atoms with Crippen LogP contribution < -0.4 is 4.90 Å². The second-order valence-corrected chi connectivity index (χ2v) is 20.9. The van der Waals surface area contributed by atoms with Gasteiger partial charge >= 0.3 is 12.2 Å². The van der Waals surface area contributed by atoms with Gasteiger partial charge in [-0.25, -0.2) is 33.2 Å². The number of cyclic esters (lactones) is 1. The van der Waals surface area contributed by atoms with Gasteiger partial charge in [-0.15, -0.1) is 0 Å². The van der Waals surface area contributed by atoms with Crippen molar-refractivity contribution in [3.63, 3.8) is 0 Å². The van der Waals surface area contributed by atoms with E-state index in [4.69, 9.17) is 19.2 Å². The van der Waals surface area contributed by atoms with Crippen LogP contribution >= 0.6 is 11.8 Å². The molecule has 0 radical (unpaired) electrons. The maximum Gasteiger partial charge on any atom is 0.415 e. The molecule has 6 rings (SSSR count). The molecule has 4 heterocycles. The van der Waals surface area contributed by atoms with Gasteiger partial charge in [0, 0.05) is 39.3 Å². The highest BCUT2D eigenvalue weighted by Gasteiger charge is 2.72. The molecule has 1 saturated carbocycles. The molecule has 17 heteroatoms. The third-order valence-corrected chi connectivity index (χ3v) is 12.5. The third-order valence-electron chi connectivity index (χ3n) is 9.28. The number of hydrogen-bond acceptors (Lipinski definition) is 10. The maximum absolute atomic E-state index is 15.9. The molecule has 1 aromatic carbocycles.